The molecule has 11 heteroatoms. The molecule has 1 N–H and O–H groups in total. The van der Waals surface area contributed by atoms with E-state index in [1.54, 1.807) is 60.8 Å². The third-order valence-electron chi connectivity index (χ3n) is 6.39. The highest BCUT2D eigenvalue weighted by Gasteiger charge is 2.52. The minimum Gasteiger partial charge on any atom is -0.494 e. The van der Waals surface area contributed by atoms with Gasteiger partial charge in [0.2, 0.25) is 5.96 Å². The average Bonchev–Trinajstić information content (AvgIpc) is 2.82. The van der Waals surface area contributed by atoms with E-state index in [0.717, 1.165) is 4.90 Å². The number of nitrogens with zero attached hydrogens (tertiary/aromatic N) is 2. The van der Waals surface area contributed by atoms with Crippen LogP contribution in [0.4, 0.5) is 14.0 Å². The zero-order valence-corrected chi connectivity index (χ0v) is 24.8. The van der Waals surface area contributed by atoms with Gasteiger partial charge in [-0.2, -0.15) is 0 Å². The molecule has 1 aromatic rings. The van der Waals surface area contributed by atoms with Crippen molar-refractivity contribution in [3.63, 3.8) is 0 Å². The Hall–Kier alpha value is -3.18. The molecule has 0 aromatic heterocycles. The van der Waals surface area contributed by atoms with Crippen LogP contribution in [0.1, 0.15) is 66.0 Å². The van der Waals surface area contributed by atoms with Crippen molar-refractivity contribution < 1.29 is 37.7 Å². The lowest BCUT2D eigenvalue weighted by Crippen LogP contribution is -2.66. The van der Waals surface area contributed by atoms with Crippen LogP contribution in [0.3, 0.4) is 0 Å². The molecule has 10 nitrogen and oxygen atoms in total. The molecule has 40 heavy (non-hydrogen) atoms. The summed E-state index contributed by atoms with van der Waals surface area (Å²) in [6, 6.07) is 4.58. The average molecular weight is 564 g/mol. The predicted molar refractivity (Wildman–Crippen MR) is 148 cm³/mol. The molecule has 2 aliphatic rings. The van der Waals surface area contributed by atoms with E-state index < -0.39 is 34.7 Å². The summed E-state index contributed by atoms with van der Waals surface area (Å²) in [4.78, 5) is 32.0. The van der Waals surface area contributed by atoms with Crippen LogP contribution >= 0.6 is 0 Å². The molecule has 2 heterocycles. The number of methoxy groups -OCH3 is 1. The topological polar surface area (TPSA) is 108 Å². The highest BCUT2D eigenvalue weighted by atomic mass is 19.1. The number of ether oxygens (including phenoxy) is 5. The summed E-state index contributed by atoms with van der Waals surface area (Å²) in [6.45, 7) is 16.8. The van der Waals surface area contributed by atoms with Gasteiger partial charge in [0.05, 0.1) is 31.5 Å². The molecule has 1 aromatic carbocycles. The summed E-state index contributed by atoms with van der Waals surface area (Å²) < 4.78 is 43.8. The van der Waals surface area contributed by atoms with Crippen LogP contribution in [-0.2, 0) is 29.2 Å². The number of aliphatic imine (C=N–C) groups is 1. The highest BCUT2D eigenvalue weighted by molar-refractivity contribution is 6.08. The molecule has 3 rings (SSSR count). The first-order valence-electron chi connectivity index (χ1n) is 13.4. The Bertz CT molecular complexity index is 1110. The van der Waals surface area contributed by atoms with Crippen LogP contribution in [-0.4, -0.2) is 73.8 Å². The van der Waals surface area contributed by atoms with Crippen molar-refractivity contribution in [2.24, 2.45) is 10.9 Å². The second kappa shape index (κ2) is 12.1. The Morgan fingerprint density at radius 3 is 2.35 bits per heavy atom. The number of carbonyl (C=O) groups is 2. The van der Waals surface area contributed by atoms with Crippen LogP contribution in [0.25, 0.3) is 5.76 Å². The van der Waals surface area contributed by atoms with E-state index in [4.69, 9.17) is 23.7 Å². The number of hydrogen-bond donors (Lipinski definition) is 1. The van der Waals surface area contributed by atoms with Crippen molar-refractivity contribution in [3.05, 3.63) is 41.7 Å². The van der Waals surface area contributed by atoms with E-state index in [1.807, 2.05) is 6.92 Å². The van der Waals surface area contributed by atoms with Crippen molar-refractivity contribution >= 4 is 23.9 Å². The van der Waals surface area contributed by atoms with Gasteiger partial charge in [-0.05, 0) is 73.1 Å². The van der Waals surface area contributed by atoms with Gasteiger partial charge < -0.3 is 29.0 Å². The fourth-order valence-corrected chi connectivity index (χ4v) is 4.71. The largest absolute Gasteiger partial charge is 0.494 e. The van der Waals surface area contributed by atoms with Crippen LogP contribution in [0.5, 0.6) is 0 Å². The molecule has 222 valence electrons. The summed E-state index contributed by atoms with van der Waals surface area (Å²) in [5, 5.41) is 3.22. The first kappa shape index (κ1) is 31.3. The second-order valence-corrected chi connectivity index (χ2v) is 11.9. The maximum Gasteiger partial charge on any atom is 0.427 e. The molecule has 0 radical (unpaired) electrons. The Morgan fingerprint density at radius 2 is 1.80 bits per heavy atom. The molecular weight excluding hydrogens is 521 g/mol. The summed E-state index contributed by atoms with van der Waals surface area (Å²) in [5.74, 6) is -0.502. The van der Waals surface area contributed by atoms with Gasteiger partial charge in [-0.1, -0.05) is 6.58 Å². The Balaban J connectivity index is 2.12. The number of guanidine groups is 1. The summed E-state index contributed by atoms with van der Waals surface area (Å²) in [6.07, 6.45) is -1.70. The van der Waals surface area contributed by atoms with Gasteiger partial charge in [-0.25, -0.2) is 14.0 Å². The van der Waals surface area contributed by atoms with E-state index in [1.165, 1.54) is 6.07 Å². The maximum absolute atomic E-state index is 15.7. The smallest absolute Gasteiger partial charge is 0.427 e. The molecule has 2 aliphatic heterocycles. The van der Waals surface area contributed by atoms with Crippen molar-refractivity contribution in [1.29, 1.82) is 0 Å². The molecule has 1 saturated heterocycles. The van der Waals surface area contributed by atoms with Crippen LogP contribution in [0.15, 0.2) is 29.8 Å². The zero-order valence-electron chi connectivity index (χ0n) is 24.8. The Labute approximate surface area is 235 Å². The van der Waals surface area contributed by atoms with E-state index in [9.17, 15) is 9.59 Å². The molecule has 2 amide bonds. The predicted octanol–water partition coefficient (Wildman–Crippen LogP) is 5.21. The third-order valence-corrected chi connectivity index (χ3v) is 6.39. The van der Waals surface area contributed by atoms with Gasteiger partial charge in [0, 0.05) is 30.7 Å². The fraction of sp³-hybridized carbons (Fsp3) is 0.621. The van der Waals surface area contributed by atoms with Gasteiger partial charge in [-0.3, -0.25) is 4.99 Å². The van der Waals surface area contributed by atoms with Gasteiger partial charge in [0.1, 0.15) is 22.8 Å². The number of rotatable bonds is 6. The molecule has 0 bridgehead atoms. The molecule has 3 atom stereocenters. The second-order valence-electron chi connectivity index (χ2n) is 11.9. The number of benzene rings is 1. The number of amides is 2. The van der Waals surface area contributed by atoms with E-state index in [-0.39, 0.29) is 36.7 Å². The standard InChI is InChI=1S/C29H42FN3O7/c1-10-37-18(2)19-11-12-23(30)22(13-19)29-17-38-21(16-36-9)14-20(29)15-31-24(32-29)33(25(34)39-27(3,4)5)26(35)40-28(6,7)8/h11-13,20-21H,2,10,14-17H2,1,3-9H3,(H,31,32)/t20-,21-,29+/m1/s1. The van der Waals surface area contributed by atoms with Gasteiger partial charge in [0.15, 0.2) is 0 Å². The quantitative estimate of drug-likeness (QED) is 0.470. The van der Waals surface area contributed by atoms with Crippen LogP contribution in [0.2, 0.25) is 0 Å². The number of carbonyl (C=O) groups excluding carboxylic acids is 2. The Morgan fingerprint density at radius 1 is 1.18 bits per heavy atom. The molecule has 1 fully saturated rings. The number of hydrogen-bond acceptors (Lipinski definition) is 9. The number of nitrogens with one attached hydrogen (secondary N) is 1. The monoisotopic (exact) mass is 563 g/mol. The minimum atomic E-state index is -1.20. The van der Waals surface area contributed by atoms with Crippen molar-refractivity contribution in [1.82, 2.24) is 10.2 Å². The molecular formula is C29H42FN3O7. The summed E-state index contributed by atoms with van der Waals surface area (Å²) in [5.41, 5.74) is -2.15. The van der Waals surface area contributed by atoms with Crippen molar-refractivity contribution in [2.75, 3.05) is 33.5 Å². The SMILES string of the molecule is C=C(OCC)c1ccc(F)c([C@]23CO[C@@H](COC)C[C@@H]2CN=C(N(C(=O)OC(C)(C)C)C(=O)OC(C)(C)C)N3)c1. The van der Waals surface area contributed by atoms with Gasteiger partial charge in [0.25, 0.3) is 0 Å². The normalized spacial score (nSPS) is 22.8. The lowest BCUT2D eigenvalue weighted by atomic mass is 9.72. The number of imide groups is 1. The first-order valence-corrected chi connectivity index (χ1v) is 13.4. The lowest BCUT2D eigenvalue weighted by Gasteiger charge is -2.50. The van der Waals surface area contributed by atoms with Crippen molar-refractivity contribution in [2.45, 2.75) is 77.7 Å². The van der Waals surface area contributed by atoms with Gasteiger partial charge in [-0.15, -0.1) is 4.90 Å². The molecule has 0 saturated carbocycles. The van der Waals surface area contributed by atoms with E-state index in [2.05, 4.69) is 16.9 Å². The fourth-order valence-electron chi connectivity index (χ4n) is 4.71. The highest BCUT2D eigenvalue weighted by Crippen LogP contribution is 2.42. The van der Waals surface area contributed by atoms with Crippen LogP contribution in [0, 0.1) is 11.7 Å². The summed E-state index contributed by atoms with van der Waals surface area (Å²) >= 11 is 0. The zero-order chi connectivity index (χ0) is 29.9. The van der Waals surface area contributed by atoms with E-state index >= 15 is 4.39 Å². The summed E-state index contributed by atoms with van der Waals surface area (Å²) in [7, 11) is 1.59. The molecule has 0 spiro atoms. The first-order chi connectivity index (χ1) is 18.6. The van der Waals surface area contributed by atoms with E-state index in [0.29, 0.717) is 31.0 Å². The minimum absolute atomic E-state index is 0.0165. The number of halogens is 1. The maximum atomic E-state index is 15.7. The lowest BCUT2D eigenvalue weighted by molar-refractivity contribution is -0.0960. The van der Waals surface area contributed by atoms with Crippen LogP contribution < -0.4 is 5.32 Å². The molecule has 0 aliphatic carbocycles. The Kier molecular flexibility index (Phi) is 9.51. The van der Waals surface area contributed by atoms with Gasteiger partial charge >= 0.3 is 12.2 Å². The third kappa shape index (κ3) is 7.31. The van der Waals surface area contributed by atoms with Crippen molar-refractivity contribution in [3.8, 4) is 0 Å². The number of fused-ring (bicyclic) bond motifs is 1. The molecule has 0 unspecified atom stereocenters.